The molecule has 3 heteroatoms. The first kappa shape index (κ1) is 13.1. The van der Waals surface area contributed by atoms with Gasteiger partial charge in [0, 0.05) is 18.0 Å². The molecule has 2 atom stereocenters. The molecule has 0 saturated heterocycles. The number of ether oxygens (including phenoxy) is 1. The van der Waals surface area contributed by atoms with Gasteiger partial charge < -0.3 is 10.1 Å². The van der Waals surface area contributed by atoms with Crippen molar-refractivity contribution in [3.8, 4) is 5.75 Å². The summed E-state index contributed by atoms with van der Waals surface area (Å²) >= 11 is 0. The van der Waals surface area contributed by atoms with Gasteiger partial charge in [-0.1, -0.05) is 24.3 Å². The zero-order valence-electron chi connectivity index (χ0n) is 11.7. The van der Waals surface area contributed by atoms with E-state index in [1.165, 1.54) is 11.6 Å². The van der Waals surface area contributed by atoms with Crippen LogP contribution in [-0.4, -0.2) is 7.05 Å². The molecule has 104 valence electrons. The van der Waals surface area contributed by atoms with E-state index in [-0.39, 0.29) is 18.0 Å². The van der Waals surface area contributed by atoms with Crippen LogP contribution in [0.1, 0.15) is 35.3 Å². The van der Waals surface area contributed by atoms with Crippen molar-refractivity contribution < 1.29 is 9.13 Å². The first-order valence-corrected chi connectivity index (χ1v) is 6.88. The molecule has 0 bridgehead atoms. The van der Waals surface area contributed by atoms with Gasteiger partial charge in [0.15, 0.2) is 0 Å². The second-order valence-corrected chi connectivity index (χ2v) is 5.22. The molecule has 2 nitrogen and oxygen atoms in total. The second kappa shape index (κ2) is 5.25. The number of hydrogen-bond donors (Lipinski definition) is 1. The molecule has 20 heavy (non-hydrogen) atoms. The second-order valence-electron chi connectivity index (χ2n) is 5.22. The minimum absolute atomic E-state index is 0.113. The van der Waals surface area contributed by atoms with Crippen LogP contribution in [-0.2, 0) is 0 Å². The number of rotatable bonds is 2. The molecule has 2 aromatic carbocycles. The number of aryl methyl sites for hydroxylation is 1. The van der Waals surface area contributed by atoms with E-state index in [0.29, 0.717) is 0 Å². The van der Waals surface area contributed by atoms with Crippen LogP contribution in [0.25, 0.3) is 0 Å². The number of halogens is 1. The first-order chi connectivity index (χ1) is 9.69. The van der Waals surface area contributed by atoms with Crippen molar-refractivity contribution in [3.63, 3.8) is 0 Å². The summed E-state index contributed by atoms with van der Waals surface area (Å²) in [5, 5.41) is 3.32. The normalized spacial score (nSPS) is 21.1. The van der Waals surface area contributed by atoms with Crippen molar-refractivity contribution in [2.75, 3.05) is 7.05 Å². The molecule has 2 aromatic rings. The van der Waals surface area contributed by atoms with E-state index in [1.807, 2.05) is 38.2 Å². The average molecular weight is 271 g/mol. The van der Waals surface area contributed by atoms with E-state index in [0.717, 1.165) is 23.3 Å². The van der Waals surface area contributed by atoms with Gasteiger partial charge >= 0.3 is 0 Å². The summed E-state index contributed by atoms with van der Waals surface area (Å²) in [6, 6.07) is 13.1. The van der Waals surface area contributed by atoms with Gasteiger partial charge in [0.1, 0.15) is 17.7 Å². The molecular formula is C17H18FNO. The highest BCUT2D eigenvalue weighted by Gasteiger charge is 2.29. The Bertz CT molecular complexity index is 626. The van der Waals surface area contributed by atoms with Crippen molar-refractivity contribution in [2.45, 2.75) is 25.5 Å². The lowest BCUT2D eigenvalue weighted by molar-refractivity contribution is 0.153. The van der Waals surface area contributed by atoms with Gasteiger partial charge in [0.2, 0.25) is 0 Å². The van der Waals surface area contributed by atoms with Crippen molar-refractivity contribution in [3.05, 3.63) is 65.0 Å². The highest BCUT2D eigenvalue weighted by Crippen LogP contribution is 2.41. The Morgan fingerprint density at radius 1 is 1.15 bits per heavy atom. The summed E-state index contributed by atoms with van der Waals surface area (Å²) in [4.78, 5) is 0. The zero-order valence-corrected chi connectivity index (χ0v) is 11.7. The third-order valence-electron chi connectivity index (χ3n) is 3.95. The average Bonchev–Trinajstić information content (AvgIpc) is 2.48. The number of benzene rings is 2. The molecular weight excluding hydrogens is 253 g/mol. The lowest BCUT2D eigenvalue weighted by Gasteiger charge is -2.33. The Labute approximate surface area is 118 Å². The minimum Gasteiger partial charge on any atom is -0.485 e. The number of nitrogens with one attached hydrogen (secondary N) is 1. The molecule has 1 N–H and O–H groups in total. The van der Waals surface area contributed by atoms with Gasteiger partial charge in [0.05, 0.1) is 0 Å². The minimum atomic E-state index is -0.214. The van der Waals surface area contributed by atoms with E-state index < -0.39 is 0 Å². The van der Waals surface area contributed by atoms with Crippen LogP contribution in [0.3, 0.4) is 0 Å². The van der Waals surface area contributed by atoms with Crippen LogP contribution in [0, 0.1) is 12.7 Å². The van der Waals surface area contributed by atoms with Crippen LogP contribution in [0.5, 0.6) is 5.75 Å². The van der Waals surface area contributed by atoms with E-state index in [2.05, 4.69) is 11.4 Å². The molecule has 0 fully saturated rings. The van der Waals surface area contributed by atoms with Crippen molar-refractivity contribution in [2.24, 2.45) is 0 Å². The lowest BCUT2D eigenvalue weighted by Crippen LogP contribution is -2.27. The van der Waals surface area contributed by atoms with Crippen LogP contribution in [0.15, 0.2) is 42.5 Å². The van der Waals surface area contributed by atoms with Crippen molar-refractivity contribution in [1.29, 1.82) is 0 Å². The summed E-state index contributed by atoms with van der Waals surface area (Å²) in [6.07, 6.45) is 0.690. The molecule has 3 rings (SSSR count). The van der Waals surface area contributed by atoms with Crippen molar-refractivity contribution >= 4 is 0 Å². The van der Waals surface area contributed by atoms with Gasteiger partial charge in [-0.15, -0.1) is 0 Å². The topological polar surface area (TPSA) is 21.3 Å². The van der Waals surface area contributed by atoms with Gasteiger partial charge in [-0.2, -0.15) is 0 Å². The molecule has 0 aliphatic carbocycles. The van der Waals surface area contributed by atoms with Gasteiger partial charge in [-0.25, -0.2) is 4.39 Å². The standard InChI is InChI=1S/C17H18FNO/c1-11-7-8-12(18)9-14(11)17-10-15(19-2)13-5-3-4-6-16(13)20-17/h3-9,15,17,19H,10H2,1-2H3. The van der Waals surface area contributed by atoms with Crippen molar-refractivity contribution in [1.82, 2.24) is 5.32 Å². The number of para-hydroxylation sites is 1. The molecule has 0 saturated carbocycles. The van der Waals surface area contributed by atoms with Crippen LogP contribution in [0.4, 0.5) is 4.39 Å². The Kier molecular flexibility index (Phi) is 3.45. The highest BCUT2D eigenvalue weighted by molar-refractivity contribution is 5.40. The summed E-state index contributed by atoms with van der Waals surface area (Å²) in [5.41, 5.74) is 3.16. The summed E-state index contributed by atoms with van der Waals surface area (Å²) in [5.74, 6) is 0.667. The molecule has 0 amide bonds. The highest BCUT2D eigenvalue weighted by atomic mass is 19.1. The fraction of sp³-hybridized carbons (Fsp3) is 0.294. The maximum atomic E-state index is 13.5. The van der Waals surface area contributed by atoms with Crippen LogP contribution in [0.2, 0.25) is 0 Å². The first-order valence-electron chi connectivity index (χ1n) is 6.88. The van der Waals surface area contributed by atoms with E-state index in [9.17, 15) is 4.39 Å². The Balaban J connectivity index is 2.00. The summed E-state index contributed by atoms with van der Waals surface area (Å²) in [7, 11) is 1.95. The monoisotopic (exact) mass is 271 g/mol. The SMILES string of the molecule is CNC1CC(c2cc(F)ccc2C)Oc2ccccc21. The quantitative estimate of drug-likeness (QED) is 0.894. The molecule has 1 aliphatic heterocycles. The zero-order chi connectivity index (χ0) is 14.1. The number of fused-ring (bicyclic) bond motifs is 1. The Hall–Kier alpha value is -1.87. The molecule has 0 radical (unpaired) electrons. The van der Waals surface area contributed by atoms with Gasteiger partial charge in [0.25, 0.3) is 0 Å². The fourth-order valence-corrected chi connectivity index (χ4v) is 2.84. The molecule has 0 aromatic heterocycles. The van der Waals surface area contributed by atoms with Crippen LogP contribution >= 0.6 is 0 Å². The Morgan fingerprint density at radius 2 is 1.95 bits per heavy atom. The van der Waals surface area contributed by atoms with E-state index in [1.54, 1.807) is 6.07 Å². The fourth-order valence-electron chi connectivity index (χ4n) is 2.84. The summed E-state index contributed by atoms with van der Waals surface area (Å²) in [6.45, 7) is 1.99. The predicted molar refractivity (Wildman–Crippen MR) is 77.4 cm³/mol. The van der Waals surface area contributed by atoms with Crippen LogP contribution < -0.4 is 10.1 Å². The predicted octanol–water partition coefficient (Wildman–Crippen LogP) is 3.92. The third-order valence-corrected chi connectivity index (χ3v) is 3.95. The smallest absolute Gasteiger partial charge is 0.126 e. The lowest BCUT2D eigenvalue weighted by atomic mass is 9.91. The van der Waals surface area contributed by atoms with E-state index >= 15 is 0 Å². The van der Waals surface area contributed by atoms with Gasteiger partial charge in [-0.05, 0) is 43.3 Å². The molecule has 2 unspecified atom stereocenters. The van der Waals surface area contributed by atoms with Gasteiger partial charge in [-0.3, -0.25) is 0 Å². The largest absolute Gasteiger partial charge is 0.485 e. The maximum absolute atomic E-state index is 13.5. The summed E-state index contributed by atoms with van der Waals surface area (Å²) < 4.78 is 19.6. The Morgan fingerprint density at radius 3 is 2.75 bits per heavy atom. The molecule has 1 aliphatic rings. The number of hydrogen-bond acceptors (Lipinski definition) is 2. The third kappa shape index (κ3) is 2.29. The molecule has 1 heterocycles. The molecule has 0 spiro atoms. The van der Waals surface area contributed by atoms with E-state index in [4.69, 9.17) is 4.74 Å². The maximum Gasteiger partial charge on any atom is 0.126 e.